The van der Waals surface area contributed by atoms with Crippen molar-refractivity contribution in [3.8, 4) is 44.1 Å². The number of carboxylic acids is 2. The SMILES string of the molecule is CCc1nc(-c2ccccc2)c(Oc2ccnc(Nc3ccc(C(=O)O)cn3)c2)s1.CCc1nc(-c2ccccc2)c(Oc2ccnc(Nc3ccc(C(=O)O)cn3)c2)s1. The summed E-state index contributed by atoms with van der Waals surface area (Å²) in [6, 6.07) is 33.0. The molecule has 0 radical (unpaired) electrons. The van der Waals surface area contributed by atoms with Crippen LogP contribution >= 0.6 is 22.7 Å². The Balaban J connectivity index is 0.000000181. The molecule has 0 aliphatic carbocycles. The number of carbonyl (C=O) groups is 2. The van der Waals surface area contributed by atoms with E-state index in [9.17, 15) is 9.59 Å². The monoisotopic (exact) mass is 836 g/mol. The van der Waals surface area contributed by atoms with Gasteiger partial charge < -0.3 is 30.3 Å². The van der Waals surface area contributed by atoms with E-state index in [4.69, 9.17) is 29.7 Å². The Morgan fingerprint density at radius 1 is 0.550 bits per heavy atom. The smallest absolute Gasteiger partial charge is 0.337 e. The summed E-state index contributed by atoms with van der Waals surface area (Å²) in [5.74, 6) is 1.22. The van der Waals surface area contributed by atoms with Crippen molar-refractivity contribution in [3.63, 3.8) is 0 Å². The molecule has 16 heteroatoms. The second kappa shape index (κ2) is 19.3. The van der Waals surface area contributed by atoms with Gasteiger partial charge in [0.05, 0.1) is 21.1 Å². The van der Waals surface area contributed by atoms with Gasteiger partial charge in [0.15, 0.2) is 0 Å². The van der Waals surface area contributed by atoms with Crippen molar-refractivity contribution < 1.29 is 29.3 Å². The third-order valence-corrected chi connectivity index (χ3v) is 10.6. The van der Waals surface area contributed by atoms with Gasteiger partial charge in [-0.1, -0.05) is 97.2 Å². The molecule has 60 heavy (non-hydrogen) atoms. The molecule has 0 atom stereocenters. The van der Waals surface area contributed by atoms with E-state index in [-0.39, 0.29) is 11.1 Å². The van der Waals surface area contributed by atoms with Crippen LogP contribution in [0.1, 0.15) is 44.6 Å². The number of ether oxygens (including phenoxy) is 2. The second-order valence-corrected chi connectivity index (χ2v) is 14.7. The minimum Gasteiger partial charge on any atom is -0.478 e. The zero-order valence-corrected chi connectivity index (χ0v) is 33.8. The van der Waals surface area contributed by atoms with Crippen LogP contribution < -0.4 is 20.1 Å². The zero-order valence-electron chi connectivity index (χ0n) is 32.1. The van der Waals surface area contributed by atoms with Crippen LogP contribution in [0.25, 0.3) is 22.5 Å². The van der Waals surface area contributed by atoms with Crippen LogP contribution in [-0.2, 0) is 12.8 Å². The number of hydrogen-bond donors (Lipinski definition) is 4. The topological polar surface area (TPSA) is 194 Å². The van der Waals surface area contributed by atoms with Crippen LogP contribution in [0.15, 0.2) is 134 Å². The first kappa shape index (κ1) is 40.6. The Kier molecular flexibility index (Phi) is 13.0. The first-order valence-corrected chi connectivity index (χ1v) is 20.2. The number of pyridine rings is 4. The maximum Gasteiger partial charge on any atom is 0.337 e. The van der Waals surface area contributed by atoms with Gasteiger partial charge in [0.25, 0.3) is 0 Å². The van der Waals surface area contributed by atoms with E-state index in [0.29, 0.717) is 34.8 Å². The fourth-order valence-electron chi connectivity index (χ4n) is 5.45. The summed E-state index contributed by atoms with van der Waals surface area (Å²) < 4.78 is 12.3. The van der Waals surface area contributed by atoms with E-state index in [0.717, 1.165) is 55.5 Å². The van der Waals surface area contributed by atoms with Crippen LogP contribution in [0.2, 0.25) is 0 Å². The average Bonchev–Trinajstić information content (AvgIpc) is 3.89. The molecule has 14 nitrogen and oxygen atoms in total. The summed E-state index contributed by atoms with van der Waals surface area (Å²) in [6.45, 7) is 4.13. The molecule has 6 aromatic heterocycles. The number of nitrogens with one attached hydrogen (secondary N) is 2. The van der Waals surface area contributed by atoms with Gasteiger partial charge in [0.1, 0.15) is 46.2 Å². The zero-order chi connectivity index (χ0) is 41.8. The molecule has 0 saturated heterocycles. The van der Waals surface area contributed by atoms with Gasteiger partial charge in [-0.15, -0.1) is 0 Å². The van der Waals surface area contributed by atoms with Gasteiger partial charge in [-0.25, -0.2) is 39.5 Å². The predicted octanol–water partition coefficient (Wildman–Crippen LogP) is 10.8. The molecule has 2 aromatic carbocycles. The summed E-state index contributed by atoms with van der Waals surface area (Å²) in [4.78, 5) is 48.1. The van der Waals surface area contributed by atoms with Crippen molar-refractivity contribution >= 4 is 57.9 Å². The molecular formula is C44H36N8O6S2. The van der Waals surface area contributed by atoms with Crippen LogP contribution in [0.5, 0.6) is 21.6 Å². The highest BCUT2D eigenvalue weighted by molar-refractivity contribution is 7.14. The molecule has 0 saturated carbocycles. The standard InChI is InChI=1S/2C22H18N4O3S/c2*1-2-19-26-20(14-6-4-3-5-7-14)22(30-19)29-16-10-11-23-18(12-16)25-17-9-8-15(13-24-17)21(27)28/h2*3-13H,2H2,1H3,(H,27,28)(H,23,24,25). The number of anilines is 4. The molecule has 0 spiro atoms. The van der Waals surface area contributed by atoms with E-state index in [1.807, 2.05) is 60.7 Å². The van der Waals surface area contributed by atoms with E-state index in [1.165, 1.54) is 47.2 Å². The van der Waals surface area contributed by atoms with E-state index in [1.54, 1.807) is 48.8 Å². The fraction of sp³-hybridized carbons (Fsp3) is 0.0909. The lowest BCUT2D eigenvalue weighted by Gasteiger charge is -2.08. The van der Waals surface area contributed by atoms with Crippen molar-refractivity contribution in [2.45, 2.75) is 26.7 Å². The molecule has 0 fully saturated rings. The number of benzene rings is 2. The van der Waals surface area contributed by atoms with Crippen molar-refractivity contribution in [2.75, 3.05) is 10.6 Å². The Labute approximate surface area is 352 Å². The lowest BCUT2D eigenvalue weighted by atomic mass is 10.2. The number of thiazole rings is 2. The Morgan fingerprint density at radius 3 is 1.32 bits per heavy atom. The van der Waals surface area contributed by atoms with Gasteiger partial charge in [-0.3, -0.25) is 0 Å². The Morgan fingerprint density at radius 2 is 0.967 bits per heavy atom. The van der Waals surface area contributed by atoms with Crippen molar-refractivity contribution in [3.05, 3.63) is 155 Å². The maximum absolute atomic E-state index is 10.9. The number of rotatable bonds is 14. The number of aromatic nitrogens is 6. The molecule has 300 valence electrons. The highest BCUT2D eigenvalue weighted by Gasteiger charge is 2.17. The summed E-state index contributed by atoms with van der Waals surface area (Å²) in [6.07, 6.45) is 7.51. The molecule has 0 unspecified atom stereocenters. The van der Waals surface area contributed by atoms with Crippen LogP contribution in [0, 0.1) is 0 Å². The summed E-state index contributed by atoms with van der Waals surface area (Å²) in [5.41, 5.74) is 3.87. The summed E-state index contributed by atoms with van der Waals surface area (Å²) in [7, 11) is 0. The molecule has 0 aliphatic rings. The molecule has 0 aliphatic heterocycles. The second-order valence-electron chi connectivity index (χ2n) is 12.6. The summed E-state index contributed by atoms with van der Waals surface area (Å²) >= 11 is 3.04. The van der Waals surface area contributed by atoms with Crippen LogP contribution in [0.3, 0.4) is 0 Å². The number of hydrogen-bond acceptors (Lipinski definition) is 14. The highest BCUT2D eigenvalue weighted by atomic mass is 32.1. The molecule has 8 aromatic rings. The Hall–Kier alpha value is -7.56. The van der Waals surface area contributed by atoms with E-state index in [2.05, 4.69) is 44.4 Å². The number of nitrogens with zero attached hydrogens (tertiary/aromatic N) is 6. The molecule has 6 heterocycles. The predicted molar refractivity (Wildman–Crippen MR) is 231 cm³/mol. The van der Waals surface area contributed by atoms with Gasteiger partial charge >= 0.3 is 11.9 Å². The van der Waals surface area contributed by atoms with Crippen molar-refractivity contribution in [1.82, 2.24) is 29.9 Å². The number of aromatic carboxylic acids is 2. The largest absolute Gasteiger partial charge is 0.478 e. The highest BCUT2D eigenvalue weighted by Crippen LogP contribution is 2.40. The summed E-state index contributed by atoms with van der Waals surface area (Å²) in [5, 5.41) is 27.5. The van der Waals surface area contributed by atoms with Crippen LogP contribution in [-0.4, -0.2) is 52.1 Å². The lowest BCUT2D eigenvalue weighted by Crippen LogP contribution is -2.00. The average molecular weight is 837 g/mol. The number of aryl methyl sites for hydroxylation is 2. The third-order valence-electron chi connectivity index (χ3n) is 8.40. The molecule has 8 rings (SSSR count). The minimum absolute atomic E-state index is 0.121. The molecule has 4 N–H and O–H groups in total. The lowest BCUT2D eigenvalue weighted by molar-refractivity contribution is 0.0685. The van der Waals surface area contributed by atoms with Gasteiger partial charge in [0.2, 0.25) is 10.1 Å². The fourth-order valence-corrected chi connectivity index (χ4v) is 7.23. The third kappa shape index (κ3) is 10.5. The number of carboxylic acid groups (broad SMARTS) is 2. The van der Waals surface area contributed by atoms with Gasteiger partial charge in [0, 0.05) is 48.0 Å². The first-order valence-electron chi connectivity index (χ1n) is 18.6. The van der Waals surface area contributed by atoms with Gasteiger partial charge in [-0.05, 0) is 49.2 Å². The van der Waals surface area contributed by atoms with Crippen molar-refractivity contribution in [2.24, 2.45) is 0 Å². The van der Waals surface area contributed by atoms with Crippen LogP contribution in [0.4, 0.5) is 23.3 Å². The van der Waals surface area contributed by atoms with E-state index < -0.39 is 11.9 Å². The maximum atomic E-state index is 10.9. The molecule has 0 bridgehead atoms. The minimum atomic E-state index is -1.02. The van der Waals surface area contributed by atoms with Crippen molar-refractivity contribution in [1.29, 1.82) is 0 Å². The normalized spacial score (nSPS) is 10.6. The van der Waals surface area contributed by atoms with E-state index >= 15 is 0 Å². The van der Waals surface area contributed by atoms with Gasteiger partial charge in [-0.2, -0.15) is 0 Å². The molecular weight excluding hydrogens is 801 g/mol. The first-order chi connectivity index (χ1) is 29.2. The Bertz CT molecular complexity index is 2510. The molecule has 0 amide bonds. The quantitative estimate of drug-likeness (QED) is 0.0807.